The van der Waals surface area contributed by atoms with E-state index in [1.165, 1.54) is 18.7 Å². The molecule has 0 fully saturated rings. The highest BCUT2D eigenvalue weighted by molar-refractivity contribution is 7.98. The van der Waals surface area contributed by atoms with Gasteiger partial charge in [0.2, 0.25) is 17.7 Å². The van der Waals surface area contributed by atoms with Gasteiger partial charge in [-0.2, -0.15) is 11.8 Å². The number of carbonyl (C=O) groups excluding carboxylic acids is 3. The molecule has 0 saturated heterocycles. The zero-order valence-electron chi connectivity index (χ0n) is 20.0. The molecule has 0 aliphatic carbocycles. The number of unbranched alkanes of at least 4 members (excludes halogenated alkanes) is 1. The van der Waals surface area contributed by atoms with Crippen LogP contribution in [0.1, 0.15) is 52.9 Å². The van der Waals surface area contributed by atoms with E-state index in [2.05, 4.69) is 16.0 Å². The number of carboxylic acids is 1. The third-order valence-corrected chi connectivity index (χ3v) is 6.03. The number of rotatable bonds is 17. The third-order valence-electron chi connectivity index (χ3n) is 5.39. The fraction of sp³-hybridized carbons (Fsp3) is 0.810. The van der Waals surface area contributed by atoms with Crippen molar-refractivity contribution in [1.29, 1.82) is 0 Å². The number of carbonyl (C=O) groups is 4. The van der Waals surface area contributed by atoms with Crippen LogP contribution in [0.15, 0.2) is 0 Å². The molecule has 0 heterocycles. The second-order valence-corrected chi connectivity index (χ2v) is 9.16. The molecular formula is C21H41N5O6S. The summed E-state index contributed by atoms with van der Waals surface area (Å²) >= 11 is 1.53. The molecule has 6 unspecified atom stereocenters. The molecule has 0 aliphatic heterocycles. The molecule has 0 aromatic heterocycles. The van der Waals surface area contributed by atoms with Crippen LogP contribution in [0.2, 0.25) is 0 Å². The van der Waals surface area contributed by atoms with Gasteiger partial charge in [0.05, 0.1) is 12.1 Å². The minimum atomic E-state index is -1.33. The maximum Gasteiger partial charge on any atom is 0.326 e. The van der Waals surface area contributed by atoms with Gasteiger partial charge < -0.3 is 37.6 Å². The van der Waals surface area contributed by atoms with Crippen LogP contribution >= 0.6 is 11.8 Å². The molecule has 33 heavy (non-hydrogen) atoms. The van der Waals surface area contributed by atoms with Crippen molar-refractivity contribution in [1.82, 2.24) is 16.0 Å². The molecule has 0 spiro atoms. The normalized spacial score (nSPS) is 16.6. The molecule has 0 bridgehead atoms. The van der Waals surface area contributed by atoms with Crippen molar-refractivity contribution >= 4 is 35.5 Å². The number of aliphatic hydroxyl groups is 1. The number of carboxylic acid groups (broad SMARTS) is 1. The van der Waals surface area contributed by atoms with Gasteiger partial charge in [0.1, 0.15) is 18.1 Å². The van der Waals surface area contributed by atoms with E-state index in [0.717, 1.165) is 0 Å². The highest BCUT2D eigenvalue weighted by Crippen LogP contribution is 2.10. The maximum atomic E-state index is 12.9. The lowest BCUT2D eigenvalue weighted by molar-refractivity contribution is -0.144. The number of aliphatic carboxylic acids is 1. The van der Waals surface area contributed by atoms with E-state index < -0.39 is 54.0 Å². The Morgan fingerprint density at radius 1 is 0.939 bits per heavy atom. The van der Waals surface area contributed by atoms with Crippen LogP contribution in [0.5, 0.6) is 0 Å². The van der Waals surface area contributed by atoms with Crippen molar-refractivity contribution in [3.05, 3.63) is 0 Å². The van der Waals surface area contributed by atoms with Crippen molar-refractivity contribution in [2.45, 2.75) is 83.1 Å². The Hall–Kier alpha value is -1.89. The summed E-state index contributed by atoms with van der Waals surface area (Å²) in [5.41, 5.74) is 11.4. The van der Waals surface area contributed by atoms with Crippen LogP contribution < -0.4 is 27.4 Å². The largest absolute Gasteiger partial charge is 0.480 e. The summed E-state index contributed by atoms with van der Waals surface area (Å²) in [6.45, 7) is 5.26. The number of thioether (sulfide) groups is 1. The SMILES string of the molecule is CCC(C)C(NC(=O)C(CCCCN)NC(=O)C(NC(=O)C(N)CCSC)C(C)O)C(=O)O. The van der Waals surface area contributed by atoms with Gasteiger partial charge in [-0.05, 0) is 57.1 Å². The van der Waals surface area contributed by atoms with Gasteiger partial charge in [-0.15, -0.1) is 0 Å². The predicted molar refractivity (Wildman–Crippen MR) is 128 cm³/mol. The number of amides is 3. The fourth-order valence-electron chi connectivity index (χ4n) is 3.00. The monoisotopic (exact) mass is 491 g/mol. The first-order valence-corrected chi connectivity index (χ1v) is 12.7. The van der Waals surface area contributed by atoms with Crippen LogP contribution in [0, 0.1) is 5.92 Å². The summed E-state index contributed by atoms with van der Waals surface area (Å²) in [6, 6.07) is -4.34. The lowest BCUT2D eigenvalue weighted by Crippen LogP contribution is -2.60. The number of nitrogens with two attached hydrogens (primary N) is 2. The lowest BCUT2D eigenvalue weighted by Gasteiger charge is -2.27. The first-order chi connectivity index (χ1) is 15.5. The summed E-state index contributed by atoms with van der Waals surface area (Å²) < 4.78 is 0. The van der Waals surface area contributed by atoms with E-state index in [0.29, 0.717) is 38.0 Å². The number of aliphatic hydroxyl groups excluding tert-OH is 1. The van der Waals surface area contributed by atoms with Crippen molar-refractivity contribution in [2.24, 2.45) is 17.4 Å². The molecule has 6 atom stereocenters. The molecule has 0 aliphatic rings. The quantitative estimate of drug-likeness (QED) is 0.127. The fourth-order valence-corrected chi connectivity index (χ4v) is 3.49. The molecule has 12 heteroatoms. The lowest BCUT2D eigenvalue weighted by atomic mass is 9.98. The molecule has 0 rings (SSSR count). The Morgan fingerprint density at radius 3 is 2.03 bits per heavy atom. The summed E-state index contributed by atoms with van der Waals surface area (Å²) in [7, 11) is 0. The Bertz CT molecular complexity index is 636. The first kappa shape index (κ1) is 31.1. The van der Waals surface area contributed by atoms with Gasteiger partial charge in [0.25, 0.3) is 0 Å². The van der Waals surface area contributed by atoms with Gasteiger partial charge in [0, 0.05) is 0 Å². The van der Waals surface area contributed by atoms with E-state index in [-0.39, 0.29) is 12.3 Å². The molecule has 0 radical (unpaired) electrons. The topological polar surface area (TPSA) is 197 Å². The number of hydrogen-bond acceptors (Lipinski definition) is 8. The Kier molecular flexibility index (Phi) is 15.7. The average Bonchev–Trinajstić information content (AvgIpc) is 2.77. The number of nitrogens with one attached hydrogen (secondary N) is 3. The molecule has 0 aromatic carbocycles. The van der Waals surface area contributed by atoms with E-state index in [1.54, 1.807) is 6.92 Å². The molecule has 0 saturated carbocycles. The Labute approximate surface area is 200 Å². The molecule has 11 nitrogen and oxygen atoms in total. The Morgan fingerprint density at radius 2 is 1.55 bits per heavy atom. The highest BCUT2D eigenvalue weighted by Gasteiger charge is 2.33. The van der Waals surface area contributed by atoms with Crippen molar-refractivity contribution in [3.63, 3.8) is 0 Å². The molecule has 0 aromatic rings. The molecule has 3 amide bonds. The van der Waals surface area contributed by atoms with Gasteiger partial charge >= 0.3 is 5.97 Å². The van der Waals surface area contributed by atoms with E-state index in [1.807, 2.05) is 13.2 Å². The van der Waals surface area contributed by atoms with Crippen molar-refractivity contribution < 1.29 is 29.4 Å². The second kappa shape index (κ2) is 16.7. The zero-order valence-corrected chi connectivity index (χ0v) is 20.8. The molecular weight excluding hydrogens is 450 g/mol. The number of hydrogen-bond donors (Lipinski definition) is 7. The highest BCUT2D eigenvalue weighted by atomic mass is 32.2. The van der Waals surface area contributed by atoms with Crippen LogP contribution in [-0.2, 0) is 19.2 Å². The van der Waals surface area contributed by atoms with Crippen molar-refractivity contribution in [3.8, 4) is 0 Å². The second-order valence-electron chi connectivity index (χ2n) is 8.17. The summed E-state index contributed by atoms with van der Waals surface area (Å²) in [5.74, 6) is -2.84. The third kappa shape index (κ3) is 11.7. The minimum Gasteiger partial charge on any atom is -0.480 e. The summed E-state index contributed by atoms with van der Waals surface area (Å²) in [6.07, 6.45) is 2.90. The van der Waals surface area contributed by atoms with E-state index >= 15 is 0 Å². The summed E-state index contributed by atoms with van der Waals surface area (Å²) in [5, 5.41) is 27.0. The smallest absolute Gasteiger partial charge is 0.326 e. The first-order valence-electron chi connectivity index (χ1n) is 11.3. The van der Waals surface area contributed by atoms with E-state index in [9.17, 15) is 29.4 Å². The van der Waals surface area contributed by atoms with Crippen LogP contribution in [0.4, 0.5) is 0 Å². The van der Waals surface area contributed by atoms with Gasteiger partial charge in [0.15, 0.2) is 0 Å². The maximum absolute atomic E-state index is 12.9. The molecule has 192 valence electrons. The van der Waals surface area contributed by atoms with Crippen LogP contribution in [0.25, 0.3) is 0 Å². The summed E-state index contributed by atoms with van der Waals surface area (Å²) in [4.78, 5) is 49.6. The Balaban J connectivity index is 5.43. The zero-order chi connectivity index (χ0) is 25.6. The minimum absolute atomic E-state index is 0.218. The van der Waals surface area contributed by atoms with Gasteiger partial charge in [-0.3, -0.25) is 14.4 Å². The van der Waals surface area contributed by atoms with Crippen molar-refractivity contribution in [2.75, 3.05) is 18.6 Å². The molecule has 9 N–H and O–H groups in total. The van der Waals surface area contributed by atoms with Crippen LogP contribution in [-0.4, -0.2) is 82.7 Å². The van der Waals surface area contributed by atoms with Gasteiger partial charge in [-0.25, -0.2) is 4.79 Å². The predicted octanol–water partition coefficient (Wildman–Crippen LogP) is -0.838. The standard InChI is InChI=1S/C21H41N5O6S/c1-5-12(2)16(21(31)32)25-19(29)15(8-6-7-10-22)24-20(30)17(13(3)27)26-18(28)14(23)9-11-33-4/h12-17,27H,5-11,22-23H2,1-4H3,(H,24,30)(H,25,29)(H,26,28)(H,31,32). The van der Waals surface area contributed by atoms with E-state index in [4.69, 9.17) is 11.5 Å². The van der Waals surface area contributed by atoms with Crippen LogP contribution in [0.3, 0.4) is 0 Å². The average molecular weight is 492 g/mol. The van der Waals surface area contributed by atoms with Gasteiger partial charge in [-0.1, -0.05) is 20.3 Å².